The second kappa shape index (κ2) is 35.5. The van der Waals surface area contributed by atoms with Gasteiger partial charge in [-0.1, -0.05) is 13.3 Å². The molecule has 1 aliphatic rings. The summed E-state index contributed by atoms with van der Waals surface area (Å²) >= 11 is 0. The number of hydrogen-bond acceptors (Lipinski definition) is 9. The molecule has 0 saturated carbocycles. The summed E-state index contributed by atoms with van der Waals surface area (Å²) in [6.07, 6.45) is 12.7. The van der Waals surface area contributed by atoms with Crippen molar-refractivity contribution < 1.29 is 29.6 Å². The van der Waals surface area contributed by atoms with Gasteiger partial charge in [-0.15, -0.1) is 12.3 Å². The van der Waals surface area contributed by atoms with Crippen molar-refractivity contribution in [1.82, 2.24) is 24.2 Å². The van der Waals surface area contributed by atoms with Gasteiger partial charge in [0.05, 0.1) is 6.61 Å². The normalized spacial score (nSPS) is 14.8. The van der Waals surface area contributed by atoms with Gasteiger partial charge in [-0.3, -0.25) is 9.59 Å². The van der Waals surface area contributed by atoms with E-state index in [4.69, 9.17) is 35.9 Å². The molecule has 2 amide bonds. The van der Waals surface area contributed by atoms with E-state index in [-0.39, 0.29) is 36.2 Å². The maximum Gasteiger partial charge on any atom is 0.259 e. The zero-order valence-electron chi connectivity index (χ0n) is 42.0. The van der Waals surface area contributed by atoms with Crippen LogP contribution in [-0.2, 0) is 23.2 Å². The van der Waals surface area contributed by atoms with Gasteiger partial charge in [-0.2, -0.15) is 0 Å². The minimum absolute atomic E-state index is 0.0712. The lowest BCUT2D eigenvalue weighted by Gasteiger charge is -2.45. The fourth-order valence-corrected chi connectivity index (χ4v) is 10.9. The maximum atomic E-state index is 12.8. The van der Waals surface area contributed by atoms with Crippen LogP contribution in [0.25, 0.3) is 9.69 Å². The molecule has 0 bridgehead atoms. The van der Waals surface area contributed by atoms with E-state index in [1.54, 1.807) is 0 Å². The predicted octanol–water partition coefficient (Wildman–Crippen LogP) is 9.78. The van der Waals surface area contributed by atoms with Gasteiger partial charge in [0.2, 0.25) is 26.3 Å². The average molecular weight is 888 g/mol. The van der Waals surface area contributed by atoms with Gasteiger partial charge >= 0.3 is 0 Å². The number of unbranched alkanes of at least 4 members (excludes halogenated alkanes) is 4. The molecule has 0 aliphatic carbocycles. The maximum absolute atomic E-state index is 12.8. The fourth-order valence-electron chi connectivity index (χ4n) is 6.84. The second-order valence-corrected chi connectivity index (χ2v) is 20.0. The van der Waals surface area contributed by atoms with E-state index in [1.807, 2.05) is 4.90 Å². The molecule has 1 heterocycles. The van der Waals surface area contributed by atoms with E-state index in [1.165, 1.54) is 7.11 Å². The highest BCUT2D eigenvalue weighted by Gasteiger charge is 2.36. The molecule has 2 N–H and O–H groups in total. The Bertz CT molecular complexity index is 1240. The highest BCUT2D eigenvalue weighted by molar-refractivity contribution is 7.47. The summed E-state index contributed by atoms with van der Waals surface area (Å²) in [5.41, 5.74) is -0.292. The first kappa shape index (κ1) is 56.1. The van der Waals surface area contributed by atoms with Crippen molar-refractivity contribution in [2.45, 2.75) is 190 Å². The van der Waals surface area contributed by atoms with Gasteiger partial charge in [0, 0.05) is 83.6 Å². The Morgan fingerprint density at radius 2 is 1.28 bits per heavy atom. The summed E-state index contributed by atoms with van der Waals surface area (Å²) in [4.78, 5) is 33.3. The molecule has 1 rings (SSSR count). The molecule has 1 unspecified atom stereocenters. The van der Waals surface area contributed by atoms with Gasteiger partial charge < -0.3 is 38.6 Å². The van der Waals surface area contributed by atoms with E-state index in [9.17, 15) is 9.59 Å². The molecule has 1 aliphatic heterocycles. The number of aliphatic hydroxyl groups excluding tert-OH is 1. The molecule has 0 spiro atoms. The first-order chi connectivity index (χ1) is 29.3. The lowest BCUT2D eigenvalue weighted by atomic mass is 9.81. The van der Waals surface area contributed by atoms with Gasteiger partial charge in [-0.05, 0) is 127 Å². The molecule has 1 fully saturated rings. The van der Waals surface area contributed by atoms with Crippen LogP contribution in [0.15, 0.2) is 0 Å². The van der Waals surface area contributed by atoms with Crippen molar-refractivity contribution >= 4 is 28.8 Å². The van der Waals surface area contributed by atoms with Crippen molar-refractivity contribution in [3.63, 3.8) is 0 Å². The summed E-state index contributed by atoms with van der Waals surface area (Å²) in [7, 11) is -0.872. The van der Waals surface area contributed by atoms with Crippen LogP contribution < -0.4 is 5.32 Å². The van der Waals surface area contributed by atoms with Gasteiger partial charge in [0.1, 0.15) is 13.2 Å². The van der Waals surface area contributed by atoms with Crippen LogP contribution in [0.4, 0.5) is 0 Å². The van der Waals surface area contributed by atoms with Crippen LogP contribution in [0.2, 0.25) is 0 Å². The fraction of sp³-hybridized carbons (Fsp3) is 0.867. The smallest absolute Gasteiger partial charge is 0.259 e. The number of hydrogen-bond donors (Lipinski definition) is 2. The molecule has 15 heteroatoms. The summed E-state index contributed by atoms with van der Waals surface area (Å²) in [5, 5.41) is 6.44. The minimum Gasteiger partial charge on any atom is -0.400 e. The molecule has 0 aromatic heterocycles. The highest BCUT2D eigenvalue weighted by atomic mass is 31.2. The quantitative estimate of drug-likeness (QED) is 0.0343. The molecule has 13 nitrogen and oxygen atoms in total. The summed E-state index contributed by atoms with van der Waals surface area (Å²) in [5.74, 6) is 2.83. The number of carbonyl (C=O) groups is 2. The second-order valence-electron chi connectivity index (χ2n) is 16.8. The highest BCUT2D eigenvalue weighted by Crippen LogP contribution is 2.51. The van der Waals surface area contributed by atoms with Crippen molar-refractivity contribution in [1.29, 1.82) is 1.43 Å². The standard InChI is InChI=1S/C29H51N4O4P.C15H32N3OP.CH4O/c1-8-9-10-12-15-27(34)31-19-14-11-13-16-28(35)32-21-17-29(6,18-22-32)24-37-38(36-23-20-30-7)33(25(2)3)26(4)5;1-12(2)17(13(3)4)20(19-11-10-16-9)18(14(5)6)15(7)8;1-2/h1,25-26H,9-24H2,2-6H3,(H,31,34);12-15H,10-11H2,1-8H3;2H,1H3/i6T;;2T. The summed E-state index contributed by atoms with van der Waals surface area (Å²) in [6.45, 7) is 44.3. The Morgan fingerprint density at radius 3 is 1.73 bits per heavy atom. The number of piperidine rings is 1. The molecular formula is C45H87N7O6P2. The Hall–Kier alpha value is -1.94. The number of nitrogens with zero attached hydrogens (tertiary/aromatic N) is 6. The first-order valence-electron chi connectivity index (χ1n) is 23.2. The third-order valence-corrected chi connectivity index (χ3v) is 14.7. The molecule has 0 aromatic rings. The lowest BCUT2D eigenvalue weighted by Crippen LogP contribution is -2.44. The molecule has 0 radical (unpaired) electrons. The number of rotatable bonds is 28. The molecular weight excluding hydrogens is 796 g/mol. The number of aliphatic hydroxyl groups is 1. The number of nitrogens with one attached hydrogen (secondary N) is 1. The van der Waals surface area contributed by atoms with E-state index in [0.29, 0.717) is 96.0 Å². The zero-order valence-corrected chi connectivity index (χ0v) is 41.8. The molecule has 1 atom stereocenters. The molecule has 60 heavy (non-hydrogen) atoms. The van der Waals surface area contributed by atoms with Crippen LogP contribution in [0.5, 0.6) is 0 Å². The Morgan fingerprint density at radius 1 is 0.800 bits per heavy atom. The van der Waals surface area contributed by atoms with Crippen molar-refractivity contribution in [3.8, 4) is 12.3 Å². The van der Waals surface area contributed by atoms with E-state index in [2.05, 4.69) is 123 Å². The zero-order chi connectivity index (χ0) is 47.7. The number of terminal acetylenes is 1. The van der Waals surface area contributed by atoms with E-state index >= 15 is 0 Å². The SMILES string of the molecule is [3H]CC1(COP(OCC[N+]#[C-])N(C(C)C)C(C)C)CCN(C(=O)CCCCCNC(=O)CCCCC#C)CC1.[3H]OC.[C-]#[N+]CCOP(N(C(C)C)C(C)C)N(C(C)C)C(C)C. The molecule has 1 saturated heterocycles. The predicted molar refractivity (Wildman–Crippen MR) is 252 cm³/mol. The minimum atomic E-state index is -1.33. The average Bonchev–Trinajstić information content (AvgIpc) is 3.19. The Labute approximate surface area is 373 Å². The van der Waals surface area contributed by atoms with E-state index in [0.717, 1.165) is 44.9 Å². The number of carbonyl (C=O) groups excluding carboxylic acids is 2. The largest absolute Gasteiger partial charge is 0.400 e. The summed E-state index contributed by atoms with van der Waals surface area (Å²) in [6, 6.07) is 2.16. The van der Waals surface area contributed by atoms with Crippen LogP contribution in [0, 0.1) is 30.9 Å². The third kappa shape index (κ3) is 25.9. The van der Waals surface area contributed by atoms with Gasteiger partial charge in [-0.25, -0.2) is 27.2 Å². The van der Waals surface area contributed by atoms with Crippen LogP contribution >= 0.6 is 17.0 Å². The van der Waals surface area contributed by atoms with Crippen molar-refractivity contribution in [3.05, 3.63) is 22.8 Å². The van der Waals surface area contributed by atoms with Gasteiger partial charge in [0.15, 0.2) is 8.45 Å². The topological polar surface area (TPSA) is 116 Å². The molecule has 348 valence electrons. The molecule has 0 aromatic carbocycles. The van der Waals surface area contributed by atoms with Crippen LogP contribution in [0.3, 0.4) is 0 Å². The van der Waals surface area contributed by atoms with Crippen molar-refractivity contribution in [2.24, 2.45) is 5.41 Å². The number of amides is 2. The van der Waals surface area contributed by atoms with Crippen molar-refractivity contribution in [2.75, 3.05) is 59.7 Å². The van der Waals surface area contributed by atoms with E-state index < -0.39 is 17.0 Å². The lowest BCUT2D eigenvalue weighted by molar-refractivity contribution is -0.134. The van der Waals surface area contributed by atoms with Crippen LogP contribution in [-0.4, -0.2) is 133 Å². The third-order valence-electron chi connectivity index (χ3n) is 9.60. The first-order valence-corrected chi connectivity index (χ1v) is 24.4. The number of likely N-dealkylation sites (tertiary alicyclic amines) is 1. The summed E-state index contributed by atoms with van der Waals surface area (Å²) < 4.78 is 39.6. The van der Waals surface area contributed by atoms with Crippen LogP contribution in [0.1, 0.15) is 156 Å². The monoisotopic (exact) mass is 888 g/mol. The Balaban J connectivity index is 0. The van der Waals surface area contributed by atoms with Gasteiger partial charge in [0.25, 0.3) is 8.53 Å². The Kier molecular flexibility index (Phi) is 33.2.